The van der Waals surface area contributed by atoms with Crippen LogP contribution >= 0.6 is 11.6 Å². The van der Waals surface area contributed by atoms with Gasteiger partial charge in [-0.25, -0.2) is 9.97 Å². The van der Waals surface area contributed by atoms with Crippen LogP contribution in [0.5, 0.6) is 0 Å². The second kappa shape index (κ2) is 8.10. The van der Waals surface area contributed by atoms with Crippen molar-refractivity contribution in [3.05, 3.63) is 64.4 Å². The van der Waals surface area contributed by atoms with Crippen molar-refractivity contribution in [2.45, 2.75) is 24.9 Å². The minimum atomic E-state index is -4.43. The number of benzene rings is 2. The van der Waals surface area contributed by atoms with Crippen LogP contribution in [0.2, 0.25) is 5.02 Å². The molecular formula is C21H18ClF3N4O. The molecule has 9 heteroatoms. The van der Waals surface area contributed by atoms with Crippen molar-refractivity contribution in [3.63, 3.8) is 0 Å². The van der Waals surface area contributed by atoms with Crippen LogP contribution in [0.4, 0.5) is 19.0 Å². The Hall–Kier alpha value is -2.87. The molecule has 2 N–H and O–H groups in total. The van der Waals surface area contributed by atoms with Gasteiger partial charge in [0.1, 0.15) is 11.6 Å². The average molecular weight is 435 g/mol. The van der Waals surface area contributed by atoms with Gasteiger partial charge in [-0.3, -0.25) is 4.79 Å². The van der Waals surface area contributed by atoms with Gasteiger partial charge in [0.25, 0.3) is 5.91 Å². The topological polar surface area (TPSA) is 66.9 Å². The summed E-state index contributed by atoms with van der Waals surface area (Å²) in [7, 11) is 0. The molecule has 5 nitrogen and oxygen atoms in total. The van der Waals surface area contributed by atoms with E-state index < -0.39 is 17.6 Å². The third-order valence-electron chi connectivity index (χ3n) is 4.80. The van der Waals surface area contributed by atoms with E-state index >= 15 is 0 Å². The van der Waals surface area contributed by atoms with Gasteiger partial charge in [-0.1, -0.05) is 11.6 Å². The van der Waals surface area contributed by atoms with Crippen LogP contribution in [0.1, 0.15) is 40.5 Å². The number of nitrogens with one attached hydrogen (secondary N) is 2. The minimum Gasteiger partial charge on any atom is -0.368 e. The summed E-state index contributed by atoms with van der Waals surface area (Å²) in [6, 6.07) is 9.51. The lowest BCUT2D eigenvalue weighted by Crippen LogP contribution is -2.29. The second-order valence-corrected chi connectivity index (χ2v) is 7.56. The fourth-order valence-corrected chi connectivity index (χ4v) is 3.22. The van der Waals surface area contributed by atoms with E-state index in [0.717, 1.165) is 53.8 Å². The zero-order chi connectivity index (χ0) is 21.3. The number of fused-ring (bicyclic) bond motifs is 1. The number of anilines is 1. The first-order valence-electron chi connectivity index (χ1n) is 9.48. The van der Waals surface area contributed by atoms with Crippen LogP contribution in [-0.4, -0.2) is 29.0 Å². The third kappa shape index (κ3) is 4.64. The molecule has 0 radical (unpaired) electrons. The van der Waals surface area contributed by atoms with Gasteiger partial charge in [-0.2, -0.15) is 13.2 Å². The van der Waals surface area contributed by atoms with E-state index in [1.165, 1.54) is 0 Å². The van der Waals surface area contributed by atoms with Crippen molar-refractivity contribution in [2.24, 2.45) is 0 Å². The SMILES string of the molecule is O=C(NCCNc1nc(C2CC2)nc2cc(Cl)ccc12)c1ccc(C(F)(F)F)cc1. The molecule has 0 unspecified atom stereocenters. The Labute approximate surface area is 175 Å². The Balaban J connectivity index is 1.38. The summed E-state index contributed by atoms with van der Waals surface area (Å²) >= 11 is 6.08. The van der Waals surface area contributed by atoms with Crippen LogP contribution in [0.15, 0.2) is 42.5 Å². The van der Waals surface area contributed by atoms with E-state index in [1.54, 1.807) is 12.1 Å². The highest BCUT2D eigenvalue weighted by molar-refractivity contribution is 6.31. The van der Waals surface area contributed by atoms with Crippen molar-refractivity contribution in [1.29, 1.82) is 0 Å². The lowest BCUT2D eigenvalue weighted by molar-refractivity contribution is -0.137. The lowest BCUT2D eigenvalue weighted by atomic mass is 10.1. The summed E-state index contributed by atoms with van der Waals surface area (Å²) in [6.07, 6.45) is -2.30. The smallest absolute Gasteiger partial charge is 0.368 e. The quantitative estimate of drug-likeness (QED) is 0.534. The summed E-state index contributed by atoms with van der Waals surface area (Å²) in [6.45, 7) is 0.670. The highest BCUT2D eigenvalue weighted by Gasteiger charge is 2.30. The number of carbonyl (C=O) groups is 1. The zero-order valence-electron chi connectivity index (χ0n) is 15.8. The van der Waals surface area contributed by atoms with E-state index in [1.807, 2.05) is 6.07 Å². The molecule has 1 aromatic heterocycles. The number of amides is 1. The molecule has 0 atom stereocenters. The molecule has 1 amide bonds. The molecule has 1 heterocycles. The van der Waals surface area contributed by atoms with Gasteiger partial charge in [-0.05, 0) is 55.3 Å². The van der Waals surface area contributed by atoms with Crippen molar-refractivity contribution in [3.8, 4) is 0 Å². The molecule has 1 aliphatic carbocycles. The minimum absolute atomic E-state index is 0.168. The molecule has 156 valence electrons. The average Bonchev–Trinajstić information content (AvgIpc) is 3.55. The summed E-state index contributed by atoms with van der Waals surface area (Å²) < 4.78 is 37.9. The Morgan fingerprint density at radius 2 is 1.80 bits per heavy atom. The fourth-order valence-electron chi connectivity index (χ4n) is 3.05. The van der Waals surface area contributed by atoms with Gasteiger partial charge in [0.2, 0.25) is 0 Å². The van der Waals surface area contributed by atoms with Gasteiger partial charge in [0.15, 0.2) is 0 Å². The molecule has 30 heavy (non-hydrogen) atoms. The standard InChI is InChI=1S/C21H18ClF3N4O/c22-15-7-8-16-17(11-15)28-18(12-1-2-12)29-19(16)26-9-10-27-20(30)13-3-5-14(6-4-13)21(23,24)25/h3-8,11-12H,1-2,9-10H2,(H,27,30)(H,26,28,29). The molecule has 0 aliphatic heterocycles. The molecule has 2 aromatic carbocycles. The summed E-state index contributed by atoms with van der Waals surface area (Å²) in [5.41, 5.74) is 0.139. The van der Waals surface area contributed by atoms with Gasteiger partial charge in [0.05, 0.1) is 11.1 Å². The number of aromatic nitrogens is 2. The Bertz CT molecular complexity index is 1080. The maximum absolute atomic E-state index is 12.6. The monoisotopic (exact) mass is 434 g/mol. The summed E-state index contributed by atoms with van der Waals surface area (Å²) in [5.74, 6) is 1.38. The first-order valence-corrected chi connectivity index (χ1v) is 9.85. The molecule has 1 saturated carbocycles. The Morgan fingerprint density at radius 1 is 1.07 bits per heavy atom. The Morgan fingerprint density at radius 3 is 2.47 bits per heavy atom. The van der Waals surface area contributed by atoms with E-state index in [9.17, 15) is 18.0 Å². The maximum atomic E-state index is 12.6. The summed E-state index contributed by atoms with van der Waals surface area (Å²) in [4.78, 5) is 21.4. The summed E-state index contributed by atoms with van der Waals surface area (Å²) in [5, 5.41) is 7.32. The first kappa shape index (κ1) is 20.4. The number of alkyl halides is 3. The third-order valence-corrected chi connectivity index (χ3v) is 5.03. The molecule has 4 rings (SSSR count). The van der Waals surface area contributed by atoms with Crippen LogP contribution in [0.3, 0.4) is 0 Å². The predicted molar refractivity (Wildman–Crippen MR) is 109 cm³/mol. The van der Waals surface area contributed by atoms with E-state index in [4.69, 9.17) is 11.6 Å². The van der Waals surface area contributed by atoms with Gasteiger partial charge in [0, 0.05) is 35.0 Å². The van der Waals surface area contributed by atoms with Crippen molar-refractivity contribution >= 4 is 34.2 Å². The number of nitrogens with zero attached hydrogens (tertiary/aromatic N) is 2. The van der Waals surface area contributed by atoms with E-state index in [-0.39, 0.29) is 12.1 Å². The van der Waals surface area contributed by atoms with Crippen LogP contribution in [-0.2, 0) is 6.18 Å². The number of halogens is 4. The second-order valence-electron chi connectivity index (χ2n) is 7.12. The molecule has 0 saturated heterocycles. The highest BCUT2D eigenvalue weighted by Crippen LogP contribution is 2.39. The van der Waals surface area contributed by atoms with Crippen molar-refractivity contribution in [1.82, 2.24) is 15.3 Å². The van der Waals surface area contributed by atoms with E-state index in [2.05, 4.69) is 20.6 Å². The molecule has 1 aliphatic rings. The largest absolute Gasteiger partial charge is 0.416 e. The number of hydrogen-bond donors (Lipinski definition) is 2. The van der Waals surface area contributed by atoms with E-state index in [0.29, 0.717) is 23.3 Å². The predicted octanol–water partition coefficient (Wildman–Crippen LogP) is 5.02. The zero-order valence-corrected chi connectivity index (χ0v) is 16.5. The van der Waals surface area contributed by atoms with Crippen LogP contribution < -0.4 is 10.6 Å². The number of hydrogen-bond acceptors (Lipinski definition) is 4. The molecule has 1 fully saturated rings. The van der Waals surface area contributed by atoms with Crippen LogP contribution in [0, 0.1) is 0 Å². The van der Waals surface area contributed by atoms with Gasteiger partial charge < -0.3 is 10.6 Å². The maximum Gasteiger partial charge on any atom is 0.416 e. The lowest BCUT2D eigenvalue weighted by Gasteiger charge is -2.12. The number of carbonyl (C=O) groups excluding carboxylic acids is 1. The number of rotatable bonds is 6. The Kier molecular flexibility index (Phi) is 5.51. The first-order chi connectivity index (χ1) is 14.3. The van der Waals surface area contributed by atoms with Crippen molar-refractivity contribution < 1.29 is 18.0 Å². The molecular weight excluding hydrogens is 417 g/mol. The van der Waals surface area contributed by atoms with Gasteiger partial charge in [-0.15, -0.1) is 0 Å². The highest BCUT2D eigenvalue weighted by atomic mass is 35.5. The molecule has 0 spiro atoms. The van der Waals surface area contributed by atoms with Crippen LogP contribution in [0.25, 0.3) is 10.9 Å². The van der Waals surface area contributed by atoms with Gasteiger partial charge >= 0.3 is 6.18 Å². The normalized spacial score (nSPS) is 14.0. The molecule has 0 bridgehead atoms. The molecule has 3 aromatic rings. The van der Waals surface area contributed by atoms with Crippen molar-refractivity contribution in [2.75, 3.05) is 18.4 Å². The fraction of sp³-hybridized carbons (Fsp3) is 0.286.